The van der Waals surface area contributed by atoms with Crippen molar-refractivity contribution in [3.63, 3.8) is 0 Å². The molecule has 0 saturated carbocycles. The maximum atomic E-state index is 13.6. The molecule has 2 rings (SSSR count). The number of nitrogen functional groups attached to an aromatic ring is 1. The van der Waals surface area contributed by atoms with Crippen molar-refractivity contribution < 1.29 is 18.7 Å². The Morgan fingerprint density at radius 3 is 2.57 bits per heavy atom. The van der Waals surface area contributed by atoms with Crippen LogP contribution in [0.15, 0.2) is 30.3 Å². The fourth-order valence-electron chi connectivity index (χ4n) is 1.73. The summed E-state index contributed by atoms with van der Waals surface area (Å²) in [5.74, 6) is -3.00. The molecular formula is C14H9F2N3O2. The number of carbonyl (C=O) groups is 1. The summed E-state index contributed by atoms with van der Waals surface area (Å²) in [5.41, 5.74) is 5.40. The molecule has 0 fully saturated rings. The summed E-state index contributed by atoms with van der Waals surface area (Å²) in [6.45, 7) is 0. The second kappa shape index (κ2) is 5.46. The third-order valence-corrected chi connectivity index (χ3v) is 2.74. The molecular weight excluding hydrogens is 280 g/mol. The van der Waals surface area contributed by atoms with E-state index in [1.54, 1.807) is 6.07 Å². The first-order valence-corrected chi connectivity index (χ1v) is 5.71. The van der Waals surface area contributed by atoms with E-state index in [1.165, 1.54) is 6.07 Å². The molecule has 0 aromatic heterocycles. The second-order valence-corrected chi connectivity index (χ2v) is 4.15. The van der Waals surface area contributed by atoms with E-state index in [4.69, 9.17) is 16.1 Å². The van der Waals surface area contributed by atoms with Gasteiger partial charge in [0.05, 0.1) is 28.2 Å². The number of hydrogen-bond donors (Lipinski definition) is 3. The van der Waals surface area contributed by atoms with Crippen LogP contribution in [-0.4, -0.2) is 11.1 Å². The predicted molar refractivity (Wildman–Crippen MR) is 72.2 cm³/mol. The minimum absolute atomic E-state index is 0.0112. The number of nitrogens with two attached hydrogens (primary N) is 1. The number of rotatable bonds is 3. The number of nitrogens with zero attached hydrogens (tertiary/aromatic N) is 1. The molecule has 7 heteroatoms. The predicted octanol–water partition coefficient (Wildman–Crippen LogP) is 2.86. The van der Waals surface area contributed by atoms with Gasteiger partial charge in [0.2, 0.25) is 0 Å². The van der Waals surface area contributed by atoms with Gasteiger partial charge in [-0.1, -0.05) is 0 Å². The van der Waals surface area contributed by atoms with Crippen LogP contribution in [0.25, 0.3) is 0 Å². The summed E-state index contributed by atoms with van der Waals surface area (Å²) in [6, 6.07) is 7.11. The highest BCUT2D eigenvalue weighted by molar-refractivity contribution is 5.91. The Kier molecular flexibility index (Phi) is 3.71. The minimum Gasteiger partial charge on any atom is -0.478 e. The number of nitrogens with one attached hydrogen (secondary N) is 1. The van der Waals surface area contributed by atoms with Gasteiger partial charge in [-0.05, 0) is 24.3 Å². The molecule has 0 aliphatic carbocycles. The Hall–Kier alpha value is -3.14. The van der Waals surface area contributed by atoms with Crippen LogP contribution in [0.4, 0.5) is 25.8 Å². The molecule has 0 unspecified atom stereocenters. The Balaban J connectivity index is 2.44. The van der Waals surface area contributed by atoms with Crippen LogP contribution in [0.2, 0.25) is 0 Å². The third-order valence-electron chi connectivity index (χ3n) is 2.74. The zero-order valence-corrected chi connectivity index (χ0v) is 10.5. The quantitative estimate of drug-likeness (QED) is 0.754. The monoisotopic (exact) mass is 289 g/mol. The molecule has 0 aliphatic heterocycles. The van der Waals surface area contributed by atoms with Crippen molar-refractivity contribution in [2.45, 2.75) is 0 Å². The molecule has 0 atom stereocenters. The number of halogens is 2. The Labute approximate surface area is 118 Å². The average molecular weight is 289 g/mol. The molecule has 5 nitrogen and oxygen atoms in total. The third kappa shape index (κ3) is 2.90. The number of benzene rings is 2. The zero-order valence-electron chi connectivity index (χ0n) is 10.5. The van der Waals surface area contributed by atoms with E-state index in [0.717, 1.165) is 24.3 Å². The van der Waals surface area contributed by atoms with E-state index in [0.29, 0.717) is 0 Å². The summed E-state index contributed by atoms with van der Waals surface area (Å²) in [4.78, 5) is 10.8. The Bertz CT molecular complexity index is 770. The number of aromatic carboxylic acids is 1. The summed E-state index contributed by atoms with van der Waals surface area (Å²) < 4.78 is 26.7. The number of hydrogen-bond acceptors (Lipinski definition) is 4. The van der Waals surface area contributed by atoms with Crippen LogP contribution in [0.5, 0.6) is 0 Å². The van der Waals surface area contributed by atoms with Crippen LogP contribution >= 0.6 is 0 Å². The van der Waals surface area contributed by atoms with Gasteiger partial charge in [-0.15, -0.1) is 0 Å². The van der Waals surface area contributed by atoms with Gasteiger partial charge in [0.25, 0.3) is 0 Å². The van der Waals surface area contributed by atoms with Crippen LogP contribution in [-0.2, 0) is 0 Å². The number of nitriles is 1. The molecule has 21 heavy (non-hydrogen) atoms. The normalized spacial score (nSPS) is 9.95. The van der Waals surface area contributed by atoms with E-state index in [-0.39, 0.29) is 22.6 Å². The van der Waals surface area contributed by atoms with Crippen LogP contribution in [0, 0.1) is 23.0 Å². The van der Waals surface area contributed by atoms with E-state index in [1.807, 2.05) is 0 Å². The topological polar surface area (TPSA) is 99.1 Å². The fourth-order valence-corrected chi connectivity index (χ4v) is 1.73. The van der Waals surface area contributed by atoms with Gasteiger partial charge in [0, 0.05) is 6.07 Å². The molecule has 2 aromatic carbocycles. The molecule has 0 amide bonds. The summed E-state index contributed by atoms with van der Waals surface area (Å²) >= 11 is 0. The van der Waals surface area contributed by atoms with Crippen molar-refractivity contribution in [2.24, 2.45) is 0 Å². The number of carboxylic acids is 1. The summed E-state index contributed by atoms with van der Waals surface area (Å²) in [5, 5.41) is 20.4. The van der Waals surface area contributed by atoms with Crippen LogP contribution in [0.3, 0.4) is 0 Å². The summed E-state index contributed by atoms with van der Waals surface area (Å²) in [6.07, 6.45) is 0. The molecule has 0 aliphatic rings. The number of anilines is 3. The van der Waals surface area contributed by atoms with Crippen LogP contribution < -0.4 is 11.1 Å². The first-order chi connectivity index (χ1) is 9.92. The molecule has 2 aromatic rings. The first kappa shape index (κ1) is 14.3. The largest absolute Gasteiger partial charge is 0.478 e. The molecule has 0 bridgehead atoms. The lowest BCUT2D eigenvalue weighted by Crippen LogP contribution is -2.05. The van der Waals surface area contributed by atoms with Crippen molar-refractivity contribution in [3.05, 3.63) is 53.1 Å². The van der Waals surface area contributed by atoms with Gasteiger partial charge in [-0.25, -0.2) is 13.6 Å². The van der Waals surface area contributed by atoms with E-state index >= 15 is 0 Å². The lowest BCUT2D eigenvalue weighted by Gasteiger charge is -2.12. The zero-order chi connectivity index (χ0) is 15.6. The molecule has 0 radical (unpaired) electrons. The molecule has 0 saturated heterocycles. The molecule has 0 spiro atoms. The van der Waals surface area contributed by atoms with Gasteiger partial charge in [-0.2, -0.15) is 5.26 Å². The number of carboxylic acid groups (broad SMARTS) is 1. The van der Waals surface area contributed by atoms with Crippen LogP contribution in [0.1, 0.15) is 15.9 Å². The van der Waals surface area contributed by atoms with Gasteiger partial charge in [0.15, 0.2) is 0 Å². The summed E-state index contributed by atoms with van der Waals surface area (Å²) in [7, 11) is 0. The fraction of sp³-hybridized carbons (Fsp3) is 0. The van der Waals surface area contributed by atoms with Crippen molar-refractivity contribution in [2.75, 3.05) is 11.1 Å². The van der Waals surface area contributed by atoms with Gasteiger partial charge < -0.3 is 16.2 Å². The highest BCUT2D eigenvalue weighted by Gasteiger charge is 2.14. The SMILES string of the molecule is N#Cc1cc(F)ccc1Nc1cc(F)c(C(=O)O)cc1N. The van der Waals surface area contributed by atoms with Crippen molar-refractivity contribution >= 4 is 23.0 Å². The van der Waals surface area contributed by atoms with Gasteiger partial charge in [0.1, 0.15) is 17.7 Å². The molecule has 4 N–H and O–H groups in total. The smallest absolute Gasteiger partial charge is 0.338 e. The molecule has 106 valence electrons. The lowest BCUT2D eigenvalue weighted by atomic mass is 10.1. The van der Waals surface area contributed by atoms with Crippen molar-refractivity contribution in [1.29, 1.82) is 5.26 Å². The maximum absolute atomic E-state index is 13.6. The maximum Gasteiger partial charge on any atom is 0.338 e. The average Bonchev–Trinajstić information content (AvgIpc) is 2.43. The molecule has 0 heterocycles. The first-order valence-electron chi connectivity index (χ1n) is 5.71. The second-order valence-electron chi connectivity index (χ2n) is 4.15. The van der Waals surface area contributed by atoms with Gasteiger partial charge >= 0.3 is 5.97 Å². The Morgan fingerprint density at radius 1 is 1.24 bits per heavy atom. The van der Waals surface area contributed by atoms with Crippen molar-refractivity contribution in [1.82, 2.24) is 0 Å². The lowest BCUT2D eigenvalue weighted by molar-refractivity contribution is 0.0692. The van der Waals surface area contributed by atoms with Crippen molar-refractivity contribution in [3.8, 4) is 6.07 Å². The highest BCUT2D eigenvalue weighted by atomic mass is 19.1. The highest BCUT2D eigenvalue weighted by Crippen LogP contribution is 2.28. The minimum atomic E-state index is -1.44. The standard InChI is InChI=1S/C14H9F2N3O2/c15-8-1-2-12(7(3-8)6-17)19-13-5-10(16)9(14(20)21)4-11(13)18/h1-5,19H,18H2,(H,20,21). The van der Waals surface area contributed by atoms with E-state index < -0.39 is 23.2 Å². The van der Waals surface area contributed by atoms with E-state index in [2.05, 4.69) is 5.32 Å². The van der Waals surface area contributed by atoms with Gasteiger partial charge in [-0.3, -0.25) is 0 Å². The Morgan fingerprint density at radius 2 is 1.95 bits per heavy atom. The van der Waals surface area contributed by atoms with E-state index in [9.17, 15) is 13.6 Å².